The zero-order chi connectivity index (χ0) is 15.5. The summed E-state index contributed by atoms with van der Waals surface area (Å²) in [6.45, 7) is 1.50. The third-order valence-electron chi connectivity index (χ3n) is 3.51. The average Bonchev–Trinajstić information content (AvgIpc) is 2.60. The van der Waals surface area contributed by atoms with Crippen molar-refractivity contribution in [1.82, 2.24) is 4.90 Å². The fourth-order valence-corrected chi connectivity index (χ4v) is 3.74. The van der Waals surface area contributed by atoms with E-state index in [9.17, 15) is 18.5 Å². The lowest BCUT2D eigenvalue weighted by Crippen LogP contribution is -2.27. The minimum atomic E-state index is -2.97. The molecule has 1 aromatic rings. The van der Waals surface area contributed by atoms with Crippen LogP contribution in [0.1, 0.15) is 12.0 Å². The third kappa shape index (κ3) is 3.90. The lowest BCUT2D eigenvalue weighted by atomic mass is 10.1. The van der Waals surface area contributed by atoms with Gasteiger partial charge in [-0.05, 0) is 18.5 Å². The van der Waals surface area contributed by atoms with Crippen molar-refractivity contribution in [3.8, 4) is 0 Å². The first kappa shape index (κ1) is 15.7. The number of sulfone groups is 1. The molecule has 1 aliphatic rings. The Balaban J connectivity index is 2.19. The lowest BCUT2D eigenvalue weighted by molar-refractivity contribution is -0.384. The Labute approximate surface area is 123 Å². The van der Waals surface area contributed by atoms with Gasteiger partial charge < -0.3 is 5.43 Å². The largest absolute Gasteiger partial charge is 0.318 e. The predicted octanol–water partition coefficient (Wildman–Crippen LogP) is 0.501. The minimum absolute atomic E-state index is 0.0857. The van der Waals surface area contributed by atoms with Crippen LogP contribution in [0.4, 0.5) is 11.4 Å². The van der Waals surface area contributed by atoms with Crippen molar-refractivity contribution in [3.05, 3.63) is 33.9 Å². The van der Waals surface area contributed by atoms with Crippen molar-refractivity contribution >= 4 is 21.2 Å². The normalized spacial score (nSPS) is 18.9. The molecule has 0 bridgehead atoms. The molecule has 3 N–H and O–H groups in total. The van der Waals surface area contributed by atoms with E-state index in [1.165, 1.54) is 6.07 Å². The molecule has 0 atom stereocenters. The summed E-state index contributed by atoms with van der Waals surface area (Å²) < 4.78 is 23.2. The van der Waals surface area contributed by atoms with E-state index in [1.807, 2.05) is 4.90 Å². The number of hydrogen-bond donors (Lipinski definition) is 2. The van der Waals surface area contributed by atoms with Crippen molar-refractivity contribution < 1.29 is 13.3 Å². The monoisotopic (exact) mass is 314 g/mol. The van der Waals surface area contributed by atoms with Gasteiger partial charge in [-0.3, -0.25) is 20.9 Å². The molecule has 2 rings (SSSR count). The van der Waals surface area contributed by atoms with Crippen LogP contribution in [0.3, 0.4) is 0 Å². The molecule has 0 amide bonds. The van der Waals surface area contributed by atoms with Gasteiger partial charge in [-0.15, -0.1) is 0 Å². The Morgan fingerprint density at radius 3 is 2.76 bits per heavy atom. The van der Waals surface area contributed by atoms with Gasteiger partial charge in [0.25, 0.3) is 5.69 Å². The molecule has 0 spiro atoms. The minimum Gasteiger partial charge on any atom is -0.318 e. The van der Waals surface area contributed by atoms with Gasteiger partial charge in [0.2, 0.25) is 0 Å². The van der Waals surface area contributed by atoms with Gasteiger partial charge >= 0.3 is 0 Å². The van der Waals surface area contributed by atoms with Crippen molar-refractivity contribution in [3.63, 3.8) is 0 Å². The zero-order valence-electron chi connectivity index (χ0n) is 11.5. The molecular weight excluding hydrogens is 296 g/mol. The molecule has 1 fully saturated rings. The smallest absolute Gasteiger partial charge is 0.293 e. The second-order valence-electron chi connectivity index (χ2n) is 4.99. The van der Waals surface area contributed by atoms with E-state index < -0.39 is 14.8 Å². The van der Waals surface area contributed by atoms with Crippen molar-refractivity contribution in [2.45, 2.75) is 13.0 Å². The van der Waals surface area contributed by atoms with E-state index in [-0.39, 0.29) is 22.9 Å². The molecule has 0 aliphatic carbocycles. The highest BCUT2D eigenvalue weighted by Crippen LogP contribution is 2.28. The van der Waals surface area contributed by atoms with Gasteiger partial charge in [0.05, 0.1) is 16.4 Å². The van der Waals surface area contributed by atoms with Gasteiger partial charge in [-0.2, -0.15) is 0 Å². The Morgan fingerprint density at radius 1 is 1.33 bits per heavy atom. The van der Waals surface area contributed by atoms with Gasteiger partial charge in [-0.1, -0.05) is 12.1 Å². The highest BCUT2D eigenvalue weighted by Gasteiger charge is 2.22. The summed E-state index contributed by atoms with van der Waals surface area (Å²) in [5.41, 5.74) is 3.25. The molecule has 1 aliphatic heterocycles. The molecule has 8 nitrogen and oxygen atoms in total. The summed E-state index contributed by atoms with van der Waals surface area (Å²) in [5, 5.41) is 11.0. The second-order valence-corrected chi connectivity index (χ2v) is 7.30. The van der Waals surface area contributed by atoms with Gasteiger partial charge in [0.1, 0.15) is 5.69 Å². The highest BCUT2D eigenvalue weighted by molar-refractivity contribution is 7.91. The van der Waals surface area contributed by atoms with Crippen LogP contribution in [0.15, 0.2) is 18.2 Å². The number of nitrogens with one attached hydrogen (secondary N) is 1. The van der Waals surface area contributed by atoms with Crippen LogP contribution >= 0.6 is 0 Å². The Hall–Kier alpha value is -1.71. The number of hydrogen-bond acceptors (Lipinski definition) is 7. The molecule has 21 heavy (non-hydrogen) atoms. The quantitative estimate of drug-likeness (QED) is 0.472. The summed E-state index contributed by atoms with van der Waals surface area (Å²) in [4.78, 5) is 12.5. The maximum absolute atomic E-state index is 11.6. The summed E-state index contributed by atoms with van der Waals surface area (Å²) in [7, 11) is -2.97. The SMILES string of the molecule is NNc1c(CN2CCCS(=O)(=O)CC2)cccc1[N+](=O)[O-]. The van der Waals surface area contributed by atoms with E-state index in [0.29, 0.717) is 31.6 Å². The molecule has 0 unspecified atom stereocenters. The maximum atomic E-state index is 11.6. The number of anilines is 1. The van der Waals surface area contributed by atoms with Crippen LogP contribution in [0.5, 0.6) is 0 Å². The van der Waals surface area contributed by atoms with Crippen LogP contribution in [-0.4, -0.2) is 42.8 Å². The van der Waals surface area contributed by atoms with Crippen LogP contribution in [0, 0.1) is 10.1 Å². The van der Waals surface area contributed by atoms with E-state index in [1.54, 1.807) is 12.1 Å². The van der Waals surface area contributed by atoms with Crippen molar-refractivity contribution in [2.75, 3.05) is 30.0 Å². The summed E-state index contributed by atoms with van der Waals surface area (Å²) >= 11 is 0. The molecule has 0 saturated carbocycles. The Kier molecular flexibility index (Phi) is 4.76. The van der Waals surface area contributed by atoms with Gasteiger partial charge in [0.15, 0.2) is 9.84 Å². The van der Waals surface area contributed by atoms with E-state index in [2.05, 4.69) is 5.43 Å². The number of nitrogen functional groups attached to an aromatic ring is 1. The fourth-order valence-electron chi connectivity index (χ4n) is 2.43. The predicted molar refractivity (Wildman–Crippen MR) is 79.5 cm³/mol. The number of hydrazine groups is 1. The zero-order valence-corrected chi connectivity index (χ0v) is 12.3. The molecule has 116 valence electrons. The first-order valence-electron chi connectivity index (χ1n) is 6.58. The molecule has 1 aromatic carbocycles. The van der Waals surface area contributed by atoms with Crippen LogP contribution in [-0.2, 0) is 16.4 Å². The van der Waals surface area contributed by atoms with Gasteiger partial charge in [0, 0.05) is 19.2 Å². The number of nitrogens with zero attached hydrogens (tertiary/aromatic N) is 2. The average molecular weight is 314 g/mol. The second kappa shape index (κ2) is 6.37. The van der Waals surface area contributed by atoms with Crippen LogP contribution in [0.25, 0.3) is 0 Å². The van der Waals surface area contributed by atoms with E-state index in [0.717, 1.165) is 0 Å². The number of para-hydroxylation sites is 1. The molecule has 1 saturated heterocycles. The van der Waals surface area contributed by atoms with Gasteiger partial charge in [-0.25, -0.2) is 8.42 Å². The number of benzene rings is 1. The van der Waals surface area contributed by atoms with Crippen molar-refractivity contribution in [1.29, 1.82) is 0 Å². The number of nitrogens with two attached hydrogens (primary N) is 1. The first-order valence-corrected chi connectivity index (χ1v) is 8.41. The van der Waals surface area contributed by atoms with Crippen LogP contribution < -0.4 is 11.3 Å². The molecule has 9 heteroatoms. The summed E-state index contributed by atoms with van der Waals surface area (Å²) in [6.07, 6.45) is 0.572. The number of nitro groups is 1. The number of rotatable bonds is 4. The first-order chi connectivity index (χ1) is 9.93. The Morgan fingerprint density at radius 2 is 2.10 bits per heavy atom. The van der Waals surface area contributed by atoms with E-state index in [4.69, 9.17) is 5.84 Å². The number of nitro benzene ring substituents is 1. The maximum Gasteiger partial charge on any atom is 0.293 e. The molecule has 1 heterocycles. The van der Waals surface area contributed by atoms with Crippen LogP contribution in [0.2, 0.25) is 0 Å². The lowest BCUT2D eigenvalue weighted by Gasteiger charge is -2.20. The third-order valence-corrected chi connectivity index (χ3v) is 5.23. The molecule has 0 aromatic heterocycles. The van der Waals surface area contributed by atoms with Crippen molar-refractivity contribution in [2.24, 2.45) is 5.84 Å². The fraction of sp³-hybridized carbons (Fsp3) is 0.500. The summed E-state index contributed by atoms with van der Waals surface area (Å²) in [5.74, 6) is 5.71. The topological polar surface area (TPSA) is 119 Å². The summed E-state index contributed by atoms with van der Waals surface area (Å²) in [6, 6.07) is 4.73. The highest BCUT2D eigenvalue weighted by atomic mass is 32.2. The Bertz CT molecular complexity index is 632. The van der Waals surface area contributed by atoms with E-state index >= 15 is 0 Å². The standard InChI is InChI=1S/C12H18N4O4S/c13-14-12-10(3-1-4-11(12)16(17)18)9-15-5-2-7-21(19,20)8-6-15/h1,3-4,14H,2,5-9,13H2. The molecule has 0 radical (unpaired) electrons. The molecular formula is C12H18N4O4S.